The quantitative estimate of drug-likeness (QED) is 0.277. The Morgan fingerprint density at radius 1 is 0.450 bits per heavy atom. The highest BCUT2D eigenvalue weighted by Gasteiger charge is 2.37. The van der Waals surface area contributed by atoms with Gasteiger partial charge in [-0.2, -0.15) is 0 Å². The van der Waals surface area contributed by atoms with Crippen molar-refractivity contribution in [2.24, 2.45) is 29.6 Å². The fourth-order valence-corrected chi connectivity index (χ4v) is 4.82. The largest absolute Gasteiger partial charge is 0.343 e. The SMILES string of the molecule is CC[C@H](C)[C@@H]1NC(=O)[C@H](CC(C)C)NC(=O)[C@H](CC(C)C)NC(=O)[C@H](CC(C)C)NC(=O)[C@H]([C@@H](C)CC)NC1=O. The van der Waals surface area contributed by atoms with Crippen molar-refractivity contribution in [2.45, 2.75) is 132 Å². The van der Waals surface area contributed by atoms with E-state index in [-0.39, 0.29) is 29.6 Å². The van der Waals surface area contributed by atoms with Gasteiger partial charge in [-0.25, -0.2) is 0 Å². The molecule has 7 atom stereocenters. The third-order valence-electron chi connectivity index (χ3n) is 7.61. The Labute approximate surface area is 241 Å². The molecule has 0 unspecified atom stereocenters. The number of nitrogens with one attached hydrogen (secondary N) is 5. The summed E-state index contributed by atoms with van der Waals surface area (Å²) in [4.78, 5) is 67.7. The molecule has 0 spiro atoms. The second-order valence-corrected chi connectivity index (χ2v) is 12.8. The maximum Gasteiger partial charge on any atom is 0.243 e. The van der Waals surface area contributed by atoms with Gasteiger partial charge in [-0.15, -0.1) is 0 Å². The third kappa shape index (κ3) is 11.1. The van der Waals surface area contributed by atoms with E-state index in [1.54, 1.807) is 0 Å². The first-order valence-electron chi connectivity index (χ1n) is 15.1. The molecule has 40 heavy (non-hydrogen) atoms. The minimum Gasteiger partial charge on any atom is -0.343 e. The molecule has 1 aliphatic rings. The van der Waals surface area contributed by atoms with E-state index in [0.717, 1.165) is 0 Å². The Hall–Kier alpha value is -2.65. The van der Waals surface area contributed by atoms with Crippen LogP contribution in [0.2, 0.25) is 0 Å². The van der Waals surface area contributed by atoms with Gasteiger partial charge in [-0.05, 0) is 48.9 Å². The molecule has 1 aliphatic heterocycles. The van der Waals surface area contributed by atoms with E-state index in [1.165, 1.54) is 0 Å². The van der Waals surface area contributed by atoms with Crippen molar-refractivity contribution >= 4 is 29.5 Å². The van der Waals surface area contributed by atoms with Crippen molar-refractivity contribution in [3.63, 3.8) is 0 Å². The van der Waals surface area contributed by atoms with E-state index in [4.69, 9.17) is 0 Å². The van der Waals surface area contributed by atoms with E-state index in [0.29, 0.717) is 32.1 Å². The molecule has 230 valence electrons. The summed E-state index contributed by atoms with van der Waals surface area (Å²) in [6.45, 7) is 19.3. The molecule has 1 heterocycles. The maximum absolute atomic E-state index is 13.6. The lowest BCUT2D eigenvalue weighted by Gasteiger charge is -2.30. The Morgan fingerprint density at radius 2 is 0.700 bits per heavy atom. The molecule has 1 fully saturated rings. The summed E-state index contributed by atoms with van der Waals surface area (Å²) >= 11 is 0. The van der Waals surface area contributed by atoms with Crippen LogP contribution < -0.4 is 26.6 Å². The van der Waals surface area contributed by atoms with Crippen LogP contribution in [0.25, 0.3) is 0 Å². The predicted octanol–water partition coefficient (Wildman–Crippen LogP) is 2.65. The van der Waals surface area contributed by atoms with Gasteiger partial charge in [-0.3, -0.25) is 24.0 Å². The molecule has 0 aromatic heterocycles. The van der Waals surface area contributed by atoms with Crippen molar-refractivity contribution in [1.29, 1.82) is 0 Å². The number of carbonyl (C=O) groups excluding carboxylic acids is 5. The standard InChI is InChI=1S/C30H55N5O5/c1-11-19(9)24-29(39)33-22(14-17(5)6)27(37)31-21(13-16(3)4)26(36)32-23(15-18(7)8)28(38)34-25(20(10)12-2)30(40)35-24/h16-25H,11-15H2,1-10H3,(H,31,37)(H,32,36)(H,33,39)(H,34,38)(H,35,40)/t19-,20-,21-,22-,23-,24-,25-/m0/s1. The molecule has 0 bridgehead atoms. The van der Waals surface area contributed by atoms with Gasteiger partial charge in [0.15, 0.2) is 0 Å². The van der Waals surface area contributed by atoms with Gasteiger partial charge >= 0.3 is 0 Å². The lowest BCUT2D eigenvalue weighted by atomic mass is 9.94. The second kappa shape index (κ2) is 16.6. The molecular formula is C30H55N5O5. The number of hydrogen-bond acceptors (Lipinski definition) is 5. The van der Waals surface area contributed by atoms with Crippen molar-refractivity contribution < 1.29 is 24.0 Å². The van der Waals surface area contributed by atoms with Crippen LogP contribution in [0.3, 0.4) is 0 Å². The summed E-state index contributed by atoms with van der Waals surface area (Å²) in [7, 11) is 0. The van der Waals surface area contributed by atoms with Crippen LogP contribution in [0.5, 0.6) is 0 Å². The minimum atomic E-state index is -0.897. The smallest absolute Gasteiger partial charge is 0.243 e. The molecule has 5 amide bonds. The summed E-state index contributed by atoms with van der Waals surface area (Å²) in [5, 5.41) is 14.3. The molecule has 0 saturated carbocycles. The molecule has 5 N–H and O–H groups in total. The monoisotopic (exact) mass is 565 g/mol. The number of hydrogen-bond donors (Lipinski definition) is 5. The lowest BCUT2D eigenvalue weighted by Crippen LogP contribution is -2.60. The minimum absolute atomic E-state index is 0.0826. The van der Waals surface area contributed by atoms with Crippen molar-refractivity contribution in [3.05, 3.63) is 0 Å². The van der Waals surface area contributed by atoms with Gasteiger partial charge in [0, 0.05) is 0 Å². The molecule has 0 aromatic carbocycles. The fourth-order valence-electron chi connectivity index (χ4n) is 4.82. The number of amides is 5. The van der Waals surface area contributed by atoms with Gasteiger partial charge in [0.05, 0.1) is 0 Å². The van der Waals surface area contributed by atoms with Crippen LogP contribution in [0, 0.1) is 29.6 Å². The van der Waals surface area contributed by atoms with E-state index >= 15 is 0 Å². The van der Waals surface area contributed by atoms with Crippen LogP contribution in [0.4, 0.5) is 0 Å². The molecule has 0 aromatic rings. The first kappa shape index (κ1) is 35.4. The van der Waals surface area contributed by atoms with Gasteiger partial charge in [0.1, 0.15) is 30.2 Å². The Bertz CT molecular complexity index is 859. The highest BCUT2D eigenvalue weighted by atomic mass is 16.2. The van der Waals surface area contributed by atoms with E-state index in [1.807, 2.05) is 69.2 Å². The zero-order valence-corrected chi connectivity index (χ0v) is 26.4. The highest BCUT2D eigenvalue weighted by molar-refractivity contribution is 5.98. The summed E-state index contributed by atoms with van der Waals surface area (Å²) in [6, 6.07) is -4.46. The molecule has 1 rings (SSSR count). The normalized spacial score (nSPS) is 27.2. The van der Waals surface area contributed by atoms with E-state index in [2.05, 4.69) is 26.6 Å². The van der Waals surface area contributed by atoms with Crippen molar-refractivity contribution in [1.82, 2.24) is 26.6 Å². The van der Waals surface area contributed by atoms with Crippen molar-refractivity contribution in [3.8, 4) is 0 Å². The average molecular weight is 566 g/mol. The number of rotatable bonds is 10. The summed E-state index contributed by atoms with van der Waals surface area (Å²) in [5.41, 5.74) is 0. The summed E-state index contributed by atoms with van der Waals surface area (Å²) < 4.78 is 0. The summed E-state index contributed by atoms with van der Waals surface area (Å²) in [5.74, 6) is -2.51. The van der Waals surface area contributed by atoms with Gasteiger partial charge in [0.25, 0.3) is 0 Å². The lowest BCUT2D eigenvalue weighted by molar-refractivity contribution is -0.135. The van der Waals surface area contributed by atoms with Crippen LogP contribution in [-0.4, -0.2) is 59.7 Å². The maximum atomic E-state index is 13.6. The van der Waals surface area contributed by atoms with Crippen LogP contribution in [-0.2, 0) is 24.0 Å². The first-order chi connectivity index (χ1) is 18.6. The van der Waals surface area contributed by atoms with Gasteiger partial charge < -0.3 is 26.6 Å². The molecule has 10 nitrogen and oxygen atoms in total. The number of carbonyl (C=O) groups is 5. The van der Waals surface area contributed by atoms with Gasteiger partial charge in [-0.1, -0.05) is 82.1 Å². The van der Waals surface area contributed by atoms with Gasteiger partial charge in [0.2, 0.25) is 29.5 Å². The molecule has 10 heteroatoms. The topological polar surface area (TPSA) is 146 Å². The van der Waals surface area contributed by atoms with E-state index < -0.39 is 59.7 Å². The highest BCUT2D eigenvalue weighted by Crippen LogP contribution is 2.16. The fraction of sp³-hybridized carbons (Fsp3) is 0.833. The third-order valence-corrected chi connectivity index (χ3v) is 7.61. The first-order valence-corrected chi connectivity index (χ1v) is 15.1. The van der Waals surface area contributed by atoms with E-state index in [9.17, 15) is 24.0 Å². The Kier molecular flexibility index (Phi) is 14.7. The van der Waals surface area contributed by atoms with Crippen LogP contribution in [0.15, 0.2) is 0 Å². The second-order valence-electron chi connectivity index (χ2n) is 12.8. The molecule has 1 saturated heterocycles. The zero-order valence-electron chi connectivity index (χ0n) is 26.4. The zero-order chi connectivity index (χ0) is 30.7. The van der Waals surface area contributed by atoms with Crippen molar-refractivity contribution in [2.75, 3.05) is 0 Å². The Balaban J connectivity index is 3.67. The molecule has 0 aliphatic carbocycles. The van der Waals surface area contributed by atoms with Crippen LogP contribution in [0.1, 0.15) is 101 Å². The van der Waals surface area contributed by atoms with Crippen LogP contribution >= 0.6 is 0 Å². The molecule has 0 radical (unpaired) electrons. The predicted molar refractivity (Wildman–Crippen MR) is 157 cm³/mol. The Morgan fingerprint density at radius 3 is 1.00 bits per heavy atom. The average Bonchev–Trinajstić information content (AvgIpc) is 2.86. The summed E-state index contributed by atoms with van der Waals surface area (Å²) in [6.07, 6.45) is 2.32. The molecular weight excluding hydrogens is 510 g/mol.